The van der Waals surface area contributed by atoms with Crippen LogP contribution in [-0.4, -0.2) is 35.1 Å². The lowest BCUT2D eigenvalue weighted by Gasteiger charge is -2.42. The van der Waals surface area contributed by atoms with Gasteiger partial charge in [0.05, 0.1) is 24.1 Å². The zero-order valence-electron chi connectivity index (χ0n) is 21.4. The van der Waals surface area contributed by atoms with E-state index < -0.39 is 23.7 Å². The first-order valence-corrected chi connectivity index (χ1v) is 14.1. The molecule has 1 heterocycles. The van der Waals surface area contributed by atoms with E-state index in [2.05, 4.69) is 22.6 Å². The van der Waals surface area contributed by atoms with Crippen molar-refractivity contribution in [3.05, 3.63) is 86.0 Å². The molecule has 39 heavy (non-hydrogen) atoms. The summed E-state index contributed by atoms with van der Waals surface area (Å²) in [6, 6.07) is 12.2. The molecule has 6 rings (SSSR count). The van der Waals surface area contributed by atoms with Crippen molar-refractivity contribution in [1.29, 1.82) is 0 Å². The molecule has 2 amide bonds. The van der Waals surface area contributed by atoms with E-state index in [0.29, 0.717) is 41.0 Å². The second kappa shape index (κ2) is 9.59. The number of anilines is 1. The van der Waals surface area contributed by atoms with Gasteiger partial charge in [-0.15, -0.1) is 0 Å². The van der Waals surface area contributed by atoms with Crippen LogP contribution in [0, 0.1) is 21.3 Å². The van der Waals surface area contributed by atoms with Crippen molar-refractivity contribution in [2.45, 2.75) is 32.6 Å². The van der Waals surface area contributed by atoms with Gasteiger partial charge in [0.25, 0.3) is 0 Å². The molecule has 0 radical (unpaired) electrons. The van der Waals surface area contributed by atoms with Crippen LogP contribution in [0.5, 0.6) is 11.5 Å². The summed E-state index contributed by atoms with van der Waals surface area (Å²) >= 11 is 2.18. The van der Waals surface area contributed by atoms with Crippen LogP contribution in [0.15, 0.2) is 76.9 Å². The van der Waals surface area contributed by atoms with Crippen LogP contribution < -0.4 is 9.64 Å². The number of amides is 2. The van der Waals surface area contributed by atoms with E-state index in [1.807, 2.05) is 25.1 Å². The molecule has 1 aliphatic heterocycles. The monoisotopic (exact) mass is 635 g/mol. The molecule has 2 aromatic rings. The quantitative estimate of drug-likeness (QED) is 0.219. The molecule has 4 aliphatic rings. The molecule has 1 N–H and O–H groups in total. The fraction of sp³-hybridized carbons (Fsp3) is 0.290. The summed E-state index contributed by atoms with van der Waals surface area (Å²) in [6.45, 7) is 3.78. The van der Waals surface area contributed by atoms with Crippen molar-refractivity contribution in [1.82, 2.24) is 0 Å². The highest BCUT2D eigenvalue weighted by Gasteiger charge is 2.56. The van der Waals surface area contributed by atoms with E-state index in [0.717, 1.165) is 9.14 Å². The normalized spacial score (nSPS) is 26.2. The van der Waals surface area contributed by atoms with Gasteiger partial charge in [0.2, 0.25) is 11.8 Å². The number of rotatable bonds is 4. The fourth-order valence-electron chi connectivity index (χ4n) is 6.59. The molecule has 3 aliphatic carbocycles. The number of nitrogens with zero attached hydrogens (tertiary/aromatic N) is 1. The Bertz CT molecular complexity index is 1550. The summed E-state index contributed by atoms with van der Waals surface area (Å²) in [5, 5.41) is 10.3. The summed E-state index contributed by atoms with van der Waals surface area (Å²) in [5.41, 5.74) is 3.28. The SMILES string of the molecule is CCOc1cc([C@H]2C3=CC[C@@H]4C(=O)N(c5ccc(I)cc5)C(=O)[C@@H]4[C@@H]3CC3=C2C(=O)C=C(C)C3=O)ccc1O. The standard InChI is InChI=1S/C31H26INO6/c1-3-39-25-13-16(4-11-23(25)34)26-19-9-10-20-27(21(19)14-22-28(26)24(35)12-15(2)29(22)36)31(38)33(30(20)37)18-7-5-17(32)6-8-18/h4-9,11-13,20-21,26-27,34H,3,10,14H2,1-2H3/t20-,21+,26-,27-/m0/s1. The maximum atomic E-state index is 13.9. The number of phenolic OH excluding ortho intramolecular Hbond substituents is 1. The molecular formula is C31H26INO6. The molecule has 7 nitrogen and oxygen atoms in total. The van der Waals surface area contributed by atoms with Gasteiger partial charge in [-0.1, -0.05) is 17.7 Å². The summed E-state index contributed by atoms with van der Waals surface area (Å²) in [4.78, 5) is 55.6. The number of imide groups is 1. The first kappa shape index (κ1) is 25.7. The third kappa shape index (κ3) is 3.99. The Hall–Kier alpha value is -3.53. The average Bonchev–Trinajstić information content (AvgIpc) is 3.18. The Kier molecular flexibility index (Phi) is 6.32. The van der Waals surface area contributed by atoms with Gasteiger partial charge in [-0.2, -0.15) is 0 Å². The van der Waals surface area contributed by atoms with Crippen LogP contribution in [0.25, 0.3) is 0 Å². The number of hydrogen-bond donors (Lipinski definition) is 1. The molecule has 0 bridgehead atoms. The minimum absolute atomic E-state index is 0.0219. The smallest absolute Gasteiger partial charge is 0.238 e. The van der Waals surface area contributed by atoms with Crippen molar-refractivity contribution in [3.8, 4) is 11.5 Å². The lowest BCUT2D eigenvalue weighted by Crippen LogP contribution is -2.39. The number of phenols is 1. The lowest BCUT2D eigenvalue weighted by molar-refractivity contribution is -0.123. The lowest BCUT2D eigenvalue weighted by atomic mass is 9.59. The predicted molar refractivity (Wildman–Crippen MR) is 152 cm³/mol. The first-order valence-electron chi connectivity index (χ1n) is 13.0. The minimum Gasteiger partial charge on any atom is -0.504 e. The summed E-state index contributed by atoms with van der Waals surface area (Å²) in [5.74, 6) is -2.84. The summed E-state index contributed by atoms with van der Waals surface area (Å²) in [7, 11) is 0. The Balaban J connectivity index is 1.48. The molecule has 0 saturated carbocycles. The molecule has 0 unspecified atom stereocenters. The molecular weight excluding hydrogens is 609 g/mol. The van der Waals surface area contributed by atoms with E-state index in [4.69, 9.17) is 4.74 Å². The highest BCUT2D eigenvalue weighted by molar-refractivity contribution is 14.1. The highest BCUT2D eigenvalue weighted by Crippen LogP contribution is 2.55. The van der Waals surface area contributed by atoms with Gasteiger partial charge in [-0.25, -0.2) is 0 Å². The Morgan fingerprint density at radius 3 is 2.49 bits per heavy atom. The van der Waals surface area contributed by atoms with Crippen LogP contribution in [0.4, 0.5) is 5.69 Å². The molecule has 1 fully saturated rings. The minimum atomic E-state index is -0.633. The van der Waals surface area contributed by atoms with E-state index in [1.165, 1.54) is 17.0 Å². The second-order valence-electron chi connectivity index (χ2n) is 10.4. The number of fused-ring (bicyclic) bond motifs is 3. The largest absolute Gasteiger partial charge is 0.504 e. The van der Waals surface area contributed by atoms with Gasteiger partial charge in [0.1, 0.15) is 0 Å². The van der Waals surface area contributed by atoms with E-state index >= 15 is 0 Å². The number of Topliss-reactive ketones (excluding diaryl/α,β-unsaturated/α-hetero) is 1. The molecule has 0 spiro atoms. The van der Waals surface area contributed by atoms with Crippen LogP contribution in [0.1, 0.15) is 38.2 Å². The zero-order valence-corrected chi connectivity index (χ0v) is 23.6. The molecule has 8 heteroatoms. The summed E-state index contributed by atoms with van der Waals surface area (Å²) < 4.78 is 6.62. The fourth-order valence-corrected chi connectivity index (χ4v) is 6.95. The number of halogens is 1. The van der Waals surface area contributed by atoms with E-state index in [1.54, 1.807) is 31.2 Å². The van der Waals surface area contributed by atoms with Gasteiger partial charge in [-0.3, -0.25) is 24.1 Å². The van der Waals surface area contributed by atoms with Gasteiger partial charge < -0.3 is 9.84 Å². The maximum absolute atomic E-state index is 13.9. The molecule has 0 aromatic heterocycles. The Morgan fingerprint density at radius 2 is 1.77 bits per heavy atom. The van der Waals surface area contributed by atoms with Crippen LogP contribution in [0.2, 0.25) is 0 Å². The number of carbonyl (C=O) groups excluding carboxylic acids is 4. The summed E-state index contributed by atoms with van der Waals surface area (Å²) in [6.07, 6.45) is 3.96. The van der Waals surface area contributed by atoms with Gasteiger partial charge in [0.15, 0.2) is 23.1 Å². The van der Waals surface area contributed by atoms with E-state index in [-0.39, 0.29) is 41.3 Å². The number of benzene rings is 2. The van der Waals surface area contributed by atoms with Crippen molar-refractivity contribution in [3.63, 3.8) is 0 Å². The topological polar surface area (TPSA) is 101 Å². The van der Waals surface area contributed by atoms with Crippen molar-refractivity contribution >= 4 is 51.7 Å². The molecule has 1 saturated heterocycles. The van der Waals surface area contributed by atoms with Crippen LogP contribution in [0.3, 0.4) is 0 Å². The first-order chi connectivity index (χ1) is 18.7. The number of ketones is 2. The maximum Gasteiger partial charge on any atom is 0.238 e. The van der Waals surface area contributed by atoms with Crippen LogP contribution >= 0.6 is 22.6 Å². The van der Waals surface area contributed by atoms with Crippen molar-refractivity contribution in [2.24, 2.45) is 17.8 Å². The highest BCUT2D eigenvalue weighted by atomic mass is 127. The third-order valence-electron chi connectivity index (χ3n) is 8.26. The molecule has 2 aromatic carbocycles. The van der Waals surface area contributed by atoms with Crippen LogP contribution in [-0.2, 0) is 19.2 Å². The van der Waals surface area contributed by atoms with Gasteiger partial charge in [-0.05, 0) is 103 Å². The predicted octanol–water partition coefficient (Wildman–Crippen LogP) is 5.03. The van der Waals surface area contributed by atoms with Crippen molar-refractivity contribution in [2.75, 3.05) is 11.5 Å². The number of carbonyl (C=O) groups is 4. The number of aromatic hydroxyl groups is 1. The van der Waals surface area contributed by atoms with Gasteiger partial charge >= 0.3 is 0 Å². The Labute approximate surface area is 239 Å². The number of hydrogen-bond acceptors (Lipinski definition) is 6. The number of allylic oxidation sites excluding steroid dienone is 6. The molecule has 4 atom stereocenters. The molecule has 198 valence electrons. The third-order valence-corrected chi connectivity index (χ3v) is 8.98. The number of ether oxygens (including phenoxy) is 1. The zero-order chi connectivity index (χ0) is 27.6. The van der Waals surface area contributed by atoms with Gasteiger partial charge in [0, 0.05) is 26.2 Å². The Morgan fingerprint density at radius 1 is 1.03 bits per heavy atom. The van der Waals surface area contributed by atoms with E-state index in [9.17, 15) is 24.3 Å². The van der Waals surface area contributed by atoms with Crippen molar-refractivity contribution < 1.29 is 29.0 Å². The second-order valence-corrected chi connectivity index (χ2v) is 11.6. The average molecular weight is 635 g/mol.